The Labute approximate surface area is 90.7 Å². The van der Waals surface area contributed by atoms with Crippen molar-refractivity contribution in [2.24, 2.45) is 5.92 Å². The normalized spacial score (nSPS) is 17.9. The summed E-state index contributed by atoms with van der Waals surface area (Å²) >= 11 is 0. The highest BCUT2D eigenvalue weighted by Gasteiger charge is 2.21. The van der Waals surface area contributed by atoms with Crippen molar-refractivity contribution < 1.29 is 13.2 Å². The number of nitrogens with one attached hydrogen (secondary N) is 2. The fraction of sp³-hybridized carbons (Fsp3) is 0.889. The monoisotopic (exact) mass is 234 g/mol. The average Bonchev–Trinajstić information content (AvgIpc) is 2.63. The van der Waals surface area contributed by atoms with Crippen LogP contribution in [0.15, 0.2) is 0 Å². The number of hydrogen-bond donors (Lipinski definition) is 2. The third-order valence-corrected chi connectivity index (χ3v) is 3.24. The molecule has 1 fully saturated rings. The second-order valence-corrected chi connectivity index (χ2v) is 5.77. The van der Waals surface area contributed by atoms with E-state index in [4.69, 9.17) is 0 Å². The molecule has 0 aromatic rings. The maximum Gasteiger partial charge on any atom is 0.223 e. The van der Waals surface area contributed by atoms with Crippen molar-refractivity contribution in [1.82, 2.24) is 10.0 Å². The standard InChI is InChI=1S/C9H18N2O3S/c1-15(13,14)11-7-6-10-9(12)8-4-2-3-5-8/h8,11H,2-7H2,1H3,(H,10,12). The Kier molecular flexibility index (Phi) is 4.53. The second kappa shape index (κ2) is 5.46. The molecule has 1 saturated carbocycles. The van der Waals surface area contributed by atoms with E-state index in [9.17, 15) is 13.2 Å². The molecule has 0 unspecified atom stereocenters. The SMILES string of the molecule is CS(=O)(=O)NCCNC(=O)C1CCCC1. The Morgan fingerprint density at radius 2 is 1.87 bits per heavy atom. The molecule has 1 aliphatic carbocycles. The molecule has 0 aromatic carbocycles. The first-order chi connectivity index (χ1) is 6.99. The molecular weight excluding hydrogens is 216 g/mol. The predicted molar refractivity (Wildman–Crippen MR) is 57.8 cm³/mol. The minimum Gasteiger partial charge on any atom is -0.355 e. The second-order valence-electron chi connectivity index (χ2n) is 3.94. The highest BCUT2D eigenvalue weighted by molar-refractivity contribution is 7.88. The number of amides is 1. The van der Waals surface area contributed by atoms with Gasteiger partial charge in [0.1, 0.15) is 0 Å². The van der Waals surface area contributed by atoms with Crippen molar-refractivity contribution in [2.75, 3.05) is 19.3 Å². The summed E-state index contributed by atoms with van der Waals surface area (Å²) in [6.07, 6.45) is 5.28. The highest BCUT2D eigenvalue weighted by Crippen LogP contribution is 2.24. The van der Waals surface area contributed by atoms with Gasteiger partial charge in [0.25, 0.3) is 0 Å². The first-order valence-corrected chi connectivity index (χ1v) is 7.10. The molecule has 0 aromatic heterocycles. The van der Waals surface area contributed by atoms with Gasteiger partial charge in [0.15, 0.2) is 0 Å². The van der Waals surface area contributed by atoms with Gasteiger partial charge in [0.2, 0.25) is 15.9 Å². The molecule has 0 spiro atoms. The van der Waals surface area contributed by atoms with Crippen molar-refractivity contribution in [3.8, 4) is 0 Å². The van der Waals surface area contributed by atoms with E-state index in [-0.39, 0.29) is 18.4 Å². The Morgan fingerprint density at radius 1 is 1.27 bits per heavy atom. The van der Waals surface area contributed by atoms with E-state index in [2.05, 4.69) is 10.0 Å². The van der Waals surface area contributed by atoms with Crippen LogP contribution in [-0.4, -0.2) is 33.7 Å². The average molecular weight is 234 g/mol. The molecule has 0 atom stereocenters. The minimum absolute atomic E-state index is 0.0581. The summed E-state index contributed by atoms with van der Waals surface area (Å²) in [5.74, 6) is 0.200. The third-order valence-electron chi connectivity index (χ3n) is 2.51. The third kappa shape index (κ3) is 5.13. The summed E-state index contributed by atoms with van der Waals surface area (Å²) in [7, 11) is -3.14. The van der Waals surface area contributed by atoms with Gasteiger partial charge < -0.3 is 5.32 Å². The molecule has 6 heteroatoms. The minimum atomic E-state index is -3.14. The van der Waals surface area contributed by atoms with Crippen LogP contribution in [0.2, 0.25) is 0 Å². The molecule has 1 aliphatic rings. The van der Waals surface area contributed by atoms with E-state index < -0.39 is 10.0 Å². The Hall–Kier alpha value is -0.620. The zero-order chi connectivity index (χ0) is 11.3. The van der Waals surface area contributed by atoms with Crippen molar-refractivity contribution >= 4 is 15.9 Å². The van der Waals surface area contributed by atoms with Crippen molar-refractivity contribution in [3.05, 3.63) is 0 Å². The topological polar surface area (TPSA) is 75.3 Å². The van der Waals surface area contributed by atoms with Gasteiger partial charge in [-0.3, -0.25) is 4.79 Å². The summed E-state index contributed by atoms with van der Waals surface area (Å²) in [5, 5.41) is 2.73. The predicted octanol–water partition coefficient (Wildman–Crippen LogP) is -0.158. The van der Waals surface area contributed by atoms with Gasteiger partial charge in [-0.1, -0.05) is 12.8 Å². The zero-order valence-corrected chi connectivity index (χ0v) is 9.77. The maximum absolute atomic E-state index is 11.5. The van der Waals surface area contributed by atoms with Crippen LogP contribution in [0.3, 0.4) is 0 Å². The van der Waals surface area contributed by atoms with Crippen LogP contribution >= 0.6 is 0 Å². The highest BCUT2D eigenvalue weighted by atomic mass is 32.2. The zero-order valence-electron chi connectivity index (χ0n) is 8.95. The van der Waals surface area contributed by atoms with Gasteiger partial charge in [-0.2, -0.15) is 0 Å². The van der Waals surface area contributed by atoms with Crippen LogP contribution in [0.5, 0.6) is 0 Å². The van der Waals surface area contributed by atoms with E-state index in [0.29, 0.717) is 6.54 Å². The fourth-order valence-electron chi connectivity index (χ4n) is 1.75. The molecule has 0 saturated heterocycles. The molecule has 15 heavy (non-hydrogen) atoms. The van der Waals surface area contributed by atoms with E-state index in [1.807, 2.05) is 0 Å². The fourth-order valence-corrected chi connectivity index (χ4v) is 2.23. The van der Waals surface area contributed by atoms with E-state index in [0.717, 1.165) is 31.9 Å². The molecule has 0 heterocycles. The van der Waals surface area contributed by atoms with E-state index >= 15 is 0 Å². The number of hydrogen-bond acceptors (Lipinski definition) is 3. The maximum atomic E-state index is 11.5. The summed E-state index contributed by atoms with van der Waals surface area (Å²) in [6.45, 7) is 0.625. The molecule has 1 rings (SSSR count). The van der Waals surface area contributed by atoms with Crippen molar-refractivity contribution in [2.45, 2.75) is 25.7 Å². The first kappa shape index (κ1) is 12.4. The Bertz CT molecular complexity index is 307. The van der Waals surface area contributed by atoms with Crippen LogP contribution in [0.25, 0.3) is 0 Å². The molecule has 0 radical (unpaired) electrons. The lowest BCUT2D eigenvalue weighted by Crippen LogP contribution is -2.36. The number of rotatable bonds is 5. The summed E-state index contributed by atoms with van der Waals surface area (Å²) in [6, 6.07) is 0. The van der Waals surface area contributed by atoms with Crippen LogP contribution in [0.4, 0.5) is 0 Å². The van der Waals surface area contributed by atoms with Crippen LogP contribution in [-0.2, 0) is 14.8 Å². The molecule has 0 bridgehead atoms. The molecule has 2 N–H and O–H groups in total. The first-order valence-electron chi connectivity index (χ1n) is 5.21. The van der Waals surface area contributed by atoms with Crippen LogP contribution in [0, 0.1) is 5.92 Å². The van der Waals surface area contributed by atoms with Crippen LogP contribution in [0.1, 0.15) is 25.7 Å². The van der Waals surface area contributed by atoms with Gasteiger partial charge in [0, 0.05) is 19.0 Å². The smallest absolute Gasteiger partial charge is 0.223 e. The molecule has 1 amide bonds. The summed E-state index contributed by atoms with van der Waals surface area (Å²) < 4.78 is 23.7. The van der Waals surface area contributed by atoms with Crippen LogP contribution < -0.4 is 10.0 Å². The Balaban J connectivity index is 2.12. The number of carbonyl (C=O) groups is 1. The van der Waals surface area contributed by atoms with Gasteiger partial charge in [0.05, 0.1) is 6.26 Å². The lowest BCUT2D eigenvalue weighted by Gasteiger charge is -2.10. The molecule has 5 nitrogen and oxygen atoms in total. The van der Waals surface area contributed by atoms with E-state index in [1.165, 1.54) is 0 Å². The summed E-state index contributed by atoms with van der Waals surface area (Å²) in [4.78, 5) is 11.5. The Morgan fingerprint density at radius 3 is 2.40 bits per heavy atom. The largest absolute Gasteiger partial charge is 0.355 e. The van der Waals surface area contributed by atoms with Gasteiger partial charge >= 0.3 is 0 Å². The van der Waals surface area contributed by atoms with Crippen molar-refractivity contribution in [1.29, 1.82) is 0 Å². The number of carbonyl (C=O) groups excluding carboxylic acids is 1. The number of sulfonamides is 1. The summed E-state index contributed by atoms with van der Waals surface area (Å²) in [5.41, 5.74) is 0. The van der Waals surface area contributed by atoms with Gasteiger partial charge in [-0.15, -0.1) is 0 Å². The molecule has 0 aliphatic heterocycles. The molecular formula is C9H18N2O3S. The lowest BCUT2D eigenvalue weighted by molar-refractivity contribution is -0.124. The van der Waals surface area contributed by atoms with E-state index in [1.54, 1.807) is 0 Å². The quantitative estimate of drug-likeness (QED) is 0.649. The van der Waals surface area contributed by atoms with Gasteiger partial charge in [-0.05, 0) is 12.8 Å². The van der Waals surface area contributed by atoms with Gasteiger partial charge in [-0.25, -0.2) is 13.1 Å². The van der Waals surface area contributed by atoms with Crippen molar-refractivity contribution in [3.63, 3.8) is 0 Å². The lowest BCUT2D eigenvalue weighted by atomic mass is 10.1. The molecule has 88 valence electrons.